The molecule has 1 amide bonds. The standard InChI is InChI=1S/C16H26N2O5S/c1-16(2,3)18-24(20,21)14-8-7-13(23-14)15(19)17-9-4-10-22-11-12-5-6-12/h7-8,12,18H,4-6,9-11H2,1-3H3,(H,17,19). The molecule has 1 aliphatic carbocycles. The minimum absolute atomic E-state index is 0.0248. The third kappa shape index (κ3) is 6.26. The molecule has 1 fully saturated rings. The Morgan fingerprint density at radius 3 is 2.67 bits per heavy atom. The summed E-state index contributed by atoms with van der Waals surface area (Å²) >= 11 is 0. The Bertz CT molecular complexity index is 656. The molecule has 0 bridgehead atoms. The molecule has 0 aromatic carbocycles. The van der Waals surface area contributed by atoms with Gasteiger partial charge in [-0.2, -0.15) is 0 Å². The van der Waals surface area contributed by atoms with E-state index >= 15 is 0 Å². The molecule has 2 rings (SSSR count). The first-order valence-corrected chi connectivity index (χ1v) is 9.65. The fourth-order valence-corrected chi connectivity index (χ4v) is 3.39. The average molecular weight is 358 g/mol. The van der Waals surface area contributed by atoms with E-state index in [0.29, 0.717) is 19.6 Å². The molecule has 2 N–H and O–H groups in total. The fraction of sp³-hybridized carbons (Fsp3) is 0.688. The van der Waals surface area contributed by atoms with Gasteiger partial charge in [-0.3, -0.25) is 4.79 Å². The molecule has 0 radical (unpaired) electrons. The summed E-state index contributed by atoms with van der Waals surface area (Å²) in [4.78, 5) is 12.0. The second-order valence-electron chi connectivity index (χ2n) is 7.10. The maximum atomic E-state index is 12.1. The van der Waals surface area contributed by atoms with Gasteiger partial charge in [-0.05, 0) is 58.1 Å². The molecule has 0 unspecified atom stereocenters. The van der Waals surface area contributed by atoms with Crippen LogP contribution < -0.4 is 10.0 Å². The summed E-state index contributed by atoms with van der Waals surface area (Å²) in [5, 5.41) is 2.42. The number of sulfonamides is 1. The van der Waals surface area contributed by atoms with Crippen LogP contribution in [0.5, 0.6) is 0 Å². The summed E-state index contributed by atoms with van der Waals surface area (Å²) in [6.07, 6.45) is 3.21. The topological polar surface area (TPSA) is 97.6 Å². The smallest absolute Gasteiger partial charge is 0.287 e. The lowest BCUT2D eigenvalue weighted by Crippen LogP contribution is -2.40. The van der Waals surface area contributed by atoms with E-state index < -0.39 is 21.5 Å². The number of hydrogen-bond donors (Lipinski definition) is 2. The molecule has 0 aliphatic heterocycles. The molecule has 0 atom stereocenters. The van der Waals surface area contributed by atoms with E-state index in [2.05, 4.69) is 10.0 Å². The van der Waals surface area contributed by atoms with Crippen LogP contribution in [-0.4, -0.2) is 39.6 Å². The Kier molecular flexibility index (Phi) is 6.06. The summed E-state index contributed by atoms with van der Waals surface area (Å²) in [7, 11) is -3.78. The van der Waals surface area contributed by atoms with E-state index in [1.807, 2.05) is 0 Å². The highest BCUT2D eigenvalue weighted by atomic mass is 32.2. The van der Waals surface area contributed by atoms with Crippen LogP contribution >= 0.6 is 0 Å². The SMILES string of the molecule is CC(C)(C)NS(=O)(=O)c1ccc(C(=O)NCCCOCC2CC2)o1. The summed E-state index contributed by atoms with van der Waals surface area (Å²) in [5.74, 6) is 0.266. The molecular weight excluding hydrogens is 332 g/mol. The van der Waals surface area contributed by atoms with Crippen molar-refractivity contribution in [3.8, 4) is 0 Å². The maximum absolute atomic E-state index is 12.1. The Hall–Kier alpha value is -1.38. The largest absolute Gasteiger partial charge is 0.438 e. The second-order valence-corrected chi connectivity index (χ2v) is 8.72. The quantitative estimate of drug-likeness (QED) is 0.657. The molecule has 24 heavy (non-hydrogen) atoms. The van der Waals surface area contributed by atoms with Crippen molar-refractivity contribution in [2.75, 3.05) is 19.8 Å². The number of carbonyl (C=O) groups is 1. The van der Waals surface area contributed by atoms with Crippen LogP contribution in [0.25, 0.3) is 0 Å². The zero-order valence-corrected chi connectivity index (χ0v) is 15.2. The van der Waals surface area contributed by atoms with Crippen LogP contribution in [0.4, 0.5) is 0 Å². The molecule has 1 aliphatic rings. The van der Waals surface area contributed by atoms with Gasteiger partial charge in [0.1, 0.15) is 0 Å². The van der Waals surface area contributed by atoms with Gasteiger partial charge in [0, 0.05) is 25.3 Å². The monoisotopic (exact) mass is 358 g/mol. The van der Waals surface area contributed by atoms with Gasteiger partial charge < -0.3 is 14.5 Å². The van der Waals surface area contributed by atoms with E-state index in [0.717, 1.165) is 12.5 Å². The van der Waals surface area contributed by atoms with Crippen LogP contribution in [-0.2, 0) is 14.8 Å². The van der Waals surface area contributed by atoms with E-state index in [9.17, 15) is 13.2 Å². The highest BCUT2D eigenvalue weighted by Gasteiger charge is 2.26. The summed E-state index contributed by atoms with van der Waals surface area (Å²) in [5.41, 5.74) is -0.630. The van der Waals surface area contributed by atoms with Gasteiger partial charge in [-0.15, -0.1) is 0 Å². The van der Waals surface area contributed by atoms with Crippen molar-refractivity contribution in [2.45, 2.75) is 50.7 Å². The van der Waals surface area contributed by atoms with E-state index in [1.54, 1.807) is 20.8 Å². The van der Waals surface area contributed by atoms with Crippen LogP contribution in [0.2, 0.25) is 0 Å². The maximum Gasteiger partial charge on any atom is 0.287 e. The van der Waals surface area contributed by atoms with E-state index in [1.165, 1.54) is 25.0 Å². The zero-order valence-electron chi connectivity index (χ0n) is 14.4. The first-order valence-electron chi connectivity index (χ1n) is 8.17. The van der Waals surface area contributed by atoms with E-state index in [4.69, 9.17) is 9.15 Å². The molecule has 8 heteroatoms. The van der Waals surface area contributed by atoms with Crippen molar-refractivity contribution >= 4 is 15.9 Å². The fourth-order valence-electron chi connectivity index (χ4n) is 2.04. The molecular formula is C16H26N2O5S. The highest BCUT2D eigenvalue weighted by Crippen LogP contribution is 2.28. The summed E-state index contributed by atoms with van der Waals surface area (Å²) < 4.78 is 37.4. The van der Waals surface area contributed by atoms with Crippen molar-refractivity contribution in [3.63, 3.8) is 0 Å². The number of amides is 1. The van der Waals surface area contributed by atoms with Crippen molar-refractivity contribution in [1.29, 1.82) is 0 Å². The molecule has 1 saturated carbocycles. The molecule has 0 saturated heterocycles. The van der Waals surface area contributed by atoms with Crippen LogP contribution in [0.3, 0.4) is 0 Å². The first-order chi connectivity index (χ1) is 11.2. The van der Waals surface area contributed by atoms with Gasteiger partial charge in [-0.1, -0.05) is 0 Å². The number of hydrogen-bond acceptors (Lipinski definition) is 5. The third-order valence-corrected chi connectivity index (χ3v) is 4.94. The molecule has 1 heterocycles. The molecule has 136 valence electrons. The number of nitrogens with one attached hydrogen (secondary N) is 2. The normalized spacial score (nSPS) is 15.5. The van der Waals surface area contributed by atoms with Gasteiger partial charge in [0.2, 0.25) is 5.09 Å². The third-order valence-electron chi connectivity index (χ3n) is 3.31. The summed E-state index contributed by atoms with van der Waals surface area (Å²) in [6.45, 7) is 7.04. The number of carbonyl (C=O) groups excluding carboxylic acids is 1. The van der Waals surface area contributed by atoms with Crippen molar-refractivity contribution < 1.29 is 22.4 Å². The van der Waals surface area contributed by atoms with Crippen LogP contribution in [0.15, 0.2) is 21.6 Å². The zero-order chi connectivity index (χ0) is 17.8. The Morgan fingerprint density at radius 1 is 1.33 bits per heavy atom. The molecule has 7 nitrogen and oxygen atoms in total. The van der Waals surface area contributed by atoms with Crippen LogP contribution in [0.1, 0.15) is 50.6 Å². The van der Waals surface area contributed by atoms with Crippen molar-refractivity contribution in [2.24, 2.45) is 5.92 Å². The van der Waals surface area contributed by atoms with Crippen molar-refractivity contribution in [1.82, 2.24) is 10.0 Å². The van der Waals surface area contributed by atoms with Gasteiger partial charge in [0.05, 0.1) is 0 Å². The first kappa shape index (κ1) is 19.0. The molecule has 1 aromatic heterocycles. The van der Waals surface area contributed by atoms with Crippen LogP contribution in [0, 0.1) is 5.92 Å². The second kappa shape index (κ2) is 7.67. The molecule has 1 aromatic rings. The predicted octanol–water partition coefficient (Wildman–Crippen LogP) is 1.90. The lowest BCUT2D eigenvalue weighted by molar-refractivity contribution is 0.0905. The lowest BCUT2D eigenvalue weighted by atomic mass is 10.1. The van der Waals surface area contributed by atoms with Crippen molar-refractivity contribution in [3.05, 3.63) is 17.9 Å². The summed E-state index contributed by atoms with van der Waals surface area (Å²) in [6, 6.07) is 2.64. The predicted molar refractivity (Wildman–Crippen MR) is 89.3 cm³/mol. The minimum Gasteiger partial charge on any atom is -0.438 e. The number of ether oxygens (including phenoxy) is 1. The molecule has 0 spiro atoms. The van der Waals surface area contributed by atoms with E-state index in [-0.39, 0.29) is 10.9 Å². The average Bonchev–Trinajstić information content (AvgIpc) is 3.12. The van der Waals surface area contributed by atoms with Gasteiger partial charge in [0.25, 0.3) is 15.9 Å². The Morgan fingerprint density at radius 2 is 2.04 bits per heavy atom. The minimum atomic E-state index is -3.78. The van der Waals surface area contributed by atoms with Gasteiger partial charge in [0.15, 0.2) is 5.76 Å². The van der Waals surface area contributed by atoms with Gasteiger partial charge in [-0.25, -0.2) is 13.1 Å². The Labute approximate surface area is 143 Å². The Balaban J connectivity index is 1.77. The number of rotatable bonds is 9. The highest BCUT2D eigenvalue weighted by molar-refractivity contribution is 7.89. The lowest BCUT2D eigenvalue weighted by Gasteiger charge is -2.18. The number of furan rings is 1. The van der Waals surface area contributed by atoms with Gasteiger partial charge >= 0.3 is 0 Å².